The molecule has 0 aliphatic heterocycles. The fourth-order valence-electron chi connectivity index (χ4n) is 4.81. The van der Waals surface area contributed by atoms with Gasteiger partial charge in [-0.25, -0.2) is 4.98 Å². The fourth-order valence-corrected chi connectivity index (χ4v) is 4.81. The minimum Gasteiger partial charge on any atom is -0.256 e. The van der Waals surface area contributed by atoms with Crippen molar-refractivity contribution in [3.63, 3.8) is 0 Å². The van der Waals surface area contributed by atoms with Crippen LogP contribution in [-0.4, -0.2) is 29.9 Å². The van der Waals surface area contributed by atoms with Gasteiger partial charge in [0.15, 0.2) is 0 Å². The van der Waals surface area contributed by atoms with E-state index in [-0.39, 0.29) is 0 Å². The molecule has 0 unspecified atom stereocenters. The first-order chi connectivity index (χ1) is 18.9. The Morgan fingerprint density at radius 3 is 1.63 bits per heavy atom. The molecule has 7 aromatic rings. The van der Waals surface area contributed by atoms with Crippen LogP contribution >= 0.6 is 0 Å². The highest BCUT2D eigenvalue weighted by Crippen LogP contribution is 2.39. The maximum atomic E-state index is 5.19. The van der Waals surface area contributed by atoms with Crippen LogP contribution in [0.15, 0.2) is 122 Å². The Bertz CT molecular complexity index is 1850. The summed E-state index contributed by atoms with van der Waals surface area (Å²) in [5.74, 6) is 0. The molecule has 6 heteroatoms. The largest absolute Gasteiger partial charge is 0.256 e. The molecule has 0 amide bonds. The van der Waals surface area contributed by atoms with Crippen molar-refractivity contribution in [1.29, 1.82) is 0 Å². The van der Waals surface area contributed by atoms with Crippen LogP contribution in [0.3, 0.4) is 0 Å². The van der Waals surface area contributed by atoms with Crippen molar-refractivity contribution in [2.75, 3.05) is 0 Å². The number of aromatic nitrogens is 6. The minimum absolute atomic E-state index is 0.763. The van der Waals surface area contributed by atoms with Crippen LogP contribution in [0, 0.1) is 0 Å². The number of pyridine rings is 6. The number of rotatable bonds is 4. The third kappa shape index (κ3) is 3.76. The normalized spacial score (nSPS) is 11.2. The van der Waals surface area contributed by atoms with Crippen molar-refractivity contribution < 1.29 is 0 Å². The second-order valence-corrected chi connectivity index (χ2v) is 8.82. The summed E-state index contributed by atoms with van der Waals surface area (Å²) in [6.45, 7) is 0. The maximum Gasteiger partial charge on any atom is 0.0988 e. The van der Waals surface area contributed by atoms with Gasteiger partial charge in [0.1, 0.15) is 0 Å². The van der Waals surface area contributed by atoms with Gasteiger partial charge in [-0.1, -0.05) is 36.4 Å². The first-order valence-electron chi connectivity index (χ1n) is 12.3. The second-order valence-electron chi connectivity index (χ2n) is 8.82. The zero-order chi connectivity index (χ0) is 25.3. The molecule has 6 aromatic heterocycles. The second kappa shape index (κ2) is 9.26. The SMILES string of the molecule is c1ccc(-c2cc3ccc4c(-c5ccccn5)c(-c5ccccn5)cnc4c3nc2-c2ccccn2)nc1. The van der Waals surface area contributed by atoms with E-state index in [1.54, 1.807) is 24.8 Å². The van der Waals surface area contributed by atoms with E-state index in [1.807, 2.05) is 79.0 Å². The molecular weight excluding hydrogens is 468 g/mol. The molecule has 1 aromatic carbocycles. The van der Waals surface area contributed by atoms with Gasteiger partial charge in [0.25, 0.3) is 0 Å². The van der Waals surface area contributed by atoms with Gasteiger partial charge < -0.3 is 0 Å². The van der Waals surface area contributed by atoms with Gasteiger partial charge in [0.05, 0.1) is 39.5 Å². The van der Waals surface area contributed by atoms with Gasteiger partial charge in [-0.05, 0) is 54.6 Å². The van der Waals surface area contributed by atoms with Crippen LogP contribution in [0.5, 0.6) is 0 Å². The summed E-state index contributed by atoms with van der Waals surface area (Å²) in [6, 6.07) is 29.9. The highest BCUT2D eigenvalue weighted by Gasteiger charge is 2.19. The van der Waals surface area contributed by atoms with Crippen LogP contribution in [0.1, 0.15) is 0 Å². The quantitative estimate of drug-likeness (QED) is 0.248. The fraction of sp³-hybridized carbons (Fsp3) is 0. The summed E-state index contributed by atoms with van der Waals surface area (Å²) < 4.78 is 0. The molecule has 0 bridgehead atoms. The highest BCUT2D eigenvalue weighted by molar-refractivity contribution is 6.12. The molecule has 0 radical (unpaired) electrons. The van der Waals surface area contributed by atoms with E-state index in [2.05, 4.69) is 33.2 Å². The summed E-state index contributed by atoms with van der Waals surface area (Å²) in [6.07, 6.45) is 9.05. The molecule has 0 atom stereocenters. The molecule has 38 heavy (non-hydrogen) atoms. The Kier molecular flexibility index (Phi) is 5.33. The van der Waals surface area contributed by atoms with Crippen molar-refractivity contribution in [1.82, 2.24) is 29.9 Å². The Labute approximate surface area is 218 Å². The topological polar surface area (TPSA) is 77.3 Å². The molecule has 0 spiro atoms. The third-order valence-electron chi connectivity index (χ3n) is 6.53. The Balaban J connectivity index is 1.57. The Morgan fingerprint density at radius 2 is 1.03 bits per heavy atom. The first-order valence-corrected chi connectivity index (χ1v) is 12.3. The zero-order valence-electron chi connectivity index (χ0n) is 20.2. The molecule has 178 valence electrons. The van der Waals surface area contributed by atoms with Gasteiger partial charge in [-0.3, -0.25) is 24.9 Å². The van der Waals surface area contributed by atoms with Crippen LogP contribution in [0.4, 0.5) is 0 Å². The maximum absolute atomic E-state index is 5.19. The van der Waals surface area contributed by atoms with Gasteiger partial charge in [-0.15, -0.1) is 0 Å². The van der Waals surface area contributed by atoms with Crippen molar-refractivity contribution in [3.05, 3.63) is 122 Å². The summed E-state index contributed by atoms with van der Waals surface area (Å²) in [7, 11) is 0. The molecule has 0 fully saturated rings. The van der Waals surface area contributed by atoms with Gasteiger partial charge in [0, 0.05) is 58.4 Å². The lowest BCUT2D eigenvalue weighted by Crippen LogP contribution is -1.98. The molecule has 7 rings (SSSR count). The van der Waals surface area contributed by atoms with Crippen molar-refractivity contribution >= 4 is 21.8 Å². The lowest BCUT2D eigenvalue weighted by atomic mass is 9.95. The van der Waals surface area contributed by atoms with E-state index in [4.69, 9.17) is 15.0 Å². The molecule has 0 saturated carbocycles. The number of hydrogen-bond acceptors (Lipinski definition) is 6. The standard InChI is InChI=1S/C32H20N6/c1-5-15-33-25(9-1)23-19-21-13-14-22-29(27-11-3-7-17-35-27)24(26-10-2-6-16-34-26)20-37-32(22)30(21)38-31(23)28-12-4-8-18-36-28/h1-20H. The predicted molar refractivity (Wildman–Crippen MR) is 150 cm³/mol. The average Bonchev–Trinajstić information content (AvgIpc) is 3.01. The molecule has 0 saturated heterocycles. The van der Waals surface area contributed by atoms with Crippen LogP contribution in [-0.2, 0) is 0 Å². The molecule has 6 heterocycles. The summed E-state index contributed by atoms with van der Waals surface area (Å²) in [5, 5.41) is 1.94. The third-order valence-corrected chi connectivity index (χ3v) is 6.53. The van der Waals surface area contributed by atoms with E-state index < -0.39 is 0 Å². The number of nitrogens with zero attached hydrogens (tertiary/aromatic N) is 6. The predicted octanol–water partition coefficient (Wildman–Crippen LogP) is 7.03. The van der Waals surface area contributed by atoms with E-state index >= 15 is 0 Å². The van der Waals surface area contributed by atoms with Crippen LogP contribution in [0.2, 0.25) is 0 Å². The lowest BCUT2D eigenvalue weighted by Gasteiger charge is -2.15. The van der Waals surface area contributed by atoms with E-state index in [1.165, 1.54) is 0 Å². The van der Waals surface area contributed by atoms with Crippen LogP contribution in [0.25, 0.3) is 67.0 Å². The van der Waals surface area contributed by atoms with Gasteiger partial charge >= 0.3 is 0 Å². The molecule has 0 aliphatic rings. The Morgan fingerprint density at radius 1 is 0.447 bits per heavy atom. The molecule has 0 N–H and O–H groups in total. The highest BCUT2D eigenvalue weighted by atomic mass is 14.8. The molecule has 0 aliphatic carbocycles. The van der Waals surface area contributed by atoms with E-state index in [9.17, 15) is 0 Å². The van der Waals surface area contributed by atoms with Gasteiger partial charge in [-0.2, -0.15) is 0 Å². The van der Waals surface area contributed by atoms with E-state index in [0.29, 0.717) is 0 Å². The van der Waals surface area contributed by atoms with E-state index in [0.717, 1.165) is 67.0 Å². The van der Waals surface area contributed by atoms with Gasteiger partial charge in [0.2, 0.25) is 0 Å². The van der Waals surface area contributed by atoms with Crippen molar-refractivity contribution in [3.8, 4) is 45.2 Å². The summed E-state index contributed by atoms with van der Waals surface area (Å²) in [5.41, 5.74) is 8.51. The molecule has 6 nitrogen and oxygen atoms in total. The zero-order valence-corrected chi connectivity index (χ0v) is 20.2. The van der Waals surface area contributed by atoms with Crippen LogP contribution < -0.4 is 0 Å². The smallest absolute Gasteiger partial charge is 0.0988 e. The Hall–Kier alpha value is -5.36. The number of hydrogen-bond donors (Lipinski definition) is 0. The minimum atomic E-state index is 0.763. The number of benzene rings is 1. The first kappa shape index (κ1) is 21.9. The van der Waals surface area contributed by atoms with Crippen molar-refractivity contribution in [2.45, 2.75) is 0 Å². The lowest BCUT2D eigenvalue weighted by molar-refractivity contribution is 1.25. The average molecular weight is 489 g/mol. The number of fused-ring (bicyclic) bond motifs is 3. The van der Waals surface area contributed by atoms with Crippen molar-refractivity contribution in [2.24, 2.45) is 0 Å². The monoisotopic (exact) mass is 488 g/mol. The summed E-state index contributed by atoms with van der Waals surface area (Å²) in [4.78, 5) is 28.6. The summed E-state index contributed by atoms with van der Waals surface area (Å²) >= 11 is 0. The molecular formula is C32H20N6.